The second kappa shape index (κ2) is 12.4. The monoisotopic (exact) mass is 491 g/mol. The van der Waals surface area contributed by atoms with E-state index in [0.717, 1.165) is 11.6 Å². The topological polar surface area (TPSA) is 114 Å². The van der Waals surface area contributed by atoms with Crippen molar-refractivity contribution in [1.82, 2.24) is 0 Å². The first kappa shape index (κ1) is 26.3. The van der Waals surface area contributed by atoms with Gasteiger partial charge in [-0.05, 0) is 73.7 Å². The SMILES string of the molecule is Cc1ccc(NC(=O)O[C@H](c2ccc(O)c(F)c2)[C@@H](C)CC/C=C/C(=O)Nc2ccccc2N)cc1. The number of aryl methyl sites for hydroxylation is 1. The molecular formula is C28H30FN3O4. The van der Waals surface area contributed by atoms with Crippen molar-refractivity contribution in [2.45, 2.75) is 32.8 Å². The molecule has 3 aromatic carbocycles. The normalized spacial score (nSPS) is 12.6. The van der Waals surface area contributed by atoms with E-state index in [1.54, 1.807) is 42.5 Å². The molecule has 0 spiro atoms. The summed E-state index contributed by atoms with van der Waals surface area (Å²) < 4.78 is 19.7. The van der Waals surface area contributed by atoms with E-state index in [0.29, 0.717) is 35.5 Å². The summed E-state index contributed by atoms with van der Waals surface area (Å²) in [6.07, 6.45) is 2.73. The largest absolute Gasteiger partial charge is 0.505 e. The van der Waals surface area contributed by atoms with E-state index in [2.05, 4.69) is 10.6 Å². The second-order valence-corrected chi connectivity index (χ2v) is 8.56. The van der Waals surface area contributed by atoms with E-state index in [1.165, 1.54) is 18.2 Å². The maximum atomic E-state index is 14.1. The Kier molecular flexibility index (Phi) is 9.05. The van der Waals surface area contributed by atoms with Gasteiger partial charge < -0.3 is 20.9 Å². The van der Waals surface area contributed by atoms with Gasteiger partial charge in [0.05, 0.1) is 11.4 Å². The van der Waals surface area contributed by atoms with Crippen LogP contribution in [-0.2, 0) is 9.53 Å². The summed E-state index contributed by atoms with van der Waals surface area (Å²) in [6.45, 7) is 3.81. The van der Waals surface area contributed by atoms with Crippen molar-refractivity contribution < 1.29 is 23.8 Å². The Morgan fingerprint density at radius 1 is 1.08 bits per heavy atom. The molecule has 0 unspecified atom stereocenters. The third-order valence-electron chi connectivity index (χ3n) is 5.63. The zero-order chi connectivity index (χ0) is 26.1. The molecule has 0 saturated carbocycles. The molecule has 0 fully saturated rings. The summed E-state index contributed by atoms with van der Waals surface area (Å²) in [4.78, 5) is 24.8. The van der Waals surface area contributed by atoms with Gasteiger partial charge in [-0.15, -0.1) is 0 Å². The summed E-state index contributed by atoms with van der Waals surface area (Å²) >= 11 is 0. The van der Waals surface area contributed by atoms with Gasteiger partial charge >= 0.3 is 6.09 Å². The van der Waals surface area contributed by atoms with Crippen LogP contribution in [0.1, 0.15) is 37.0 Å². The molecule has 0 aliphatic heterocycles. The average Bonchev–Trinajstić information content (AvgIpc) is 2.85. The molecule has 0 aromatic heterocycles. The van der Waals surface area contributed by atoms with Crippen LogP contribution in [0.3, 0.4) is 0 Å². The highest BCUT2D eigenvalue weighted by molar-refractivity contribution is 6.01. The molecule has 2 atom stereocenters. The zero-order valence-corrected chi connectivity index (χ0v) is 20.2. The van der Waals surface area contributed by atoms with Gasteiger partial charge in [0.15, 0.2) is 11.6 Å². The van der Waals surface area contributed by atoms with Crippen molar-refractivity contribution in [3.05, 3.63) is 95.8 Å². The lowest BCUT2D eigenvalue weighted by atomic mass is 9.93. The van der Waals surface area contributed by atoms with Gasteiger partial charge in [-0.3, -0.25) is 10.1 Å². The molecule has 0 aliphatic carbocycles. The maximum absolute atomic E-state index is 14.1. The molecule has 188 valence electrons. The van der Waals surface area contributed by atoms with Crippen LogP contribution in [0, 0.1) is 18.7 Å². The van der Waals surface area contributed by atoms with Gasteiger partial charge in [-0.2, -0.15) is 0 Å². The van der Waals surface area contributed by atoms with Gasteiger partial charge in [0, 0.05) is 5.69 Å². The van der Waals surface area contributed by atoms with E-state index in [9.17, 15) is 19.1 Å². The highest BCUT2D eigenvalue weighted by Crippen LogP contribution is 2.32. The molecule has 0 aliphatic rings. The van der Waals surface area contributed by atoms with Gasteiger partial charge in [0.1, 0.15) is 6.10 Å². The summed E-state index contributed by atoms with van der Waals surface area (Å²) in [6, 6.07) is 18.1. The van der Waals surface area contributed by atoms with Crippen LogP contribution in [0.15, 0.2) is 78.9 Å². The number of phenolic OH excluding ortho intramolecular Hbond substituents is 1. The number of hydrogen-bond acceptors (Lipinski definition) is 5. The quantitative estimate of drug-likeness (QED) is 0.207. The molecule has 5 N–H and O–H groups in total. The molecule has 0 saturated heterocycles. The number of carbonyl (C=O) groups excluding carboxylic acids is 2. The van der Waals surface area contributed by atoms with Crippen molar-refractivity contribution in [2.24, 2.45) is 5.92 Å². The minimum atomic E-state index is -0.802. The molecule has 3 aromatic rings. The number of nitrogens with two attached hydrogens (primary N) is 1. The van der Waals surface area contributed by atoms with E-state index in [4.69, 9.17) is 10.5 Å². The van der Waals surface area contributed by atoms with Gasteiger partial charge in [-0.1, -0.05) is 48.9 Å². The number of allylic oxidation sites excluding steroid dienone is 1. The number of benzene rings is 3. The molecule has 0 heterocycles. The fraction of sp³-hybridized carbons (Fsp3) is 0.214. The average molecular weight is 492 g/mol. The molecular weight excluding hydrogens is 461 g/mol. The minimum Gasteiger partial charge on any atom is -0.505 e. The zero-order valence-electron chi connectivity index (χ0n) is 20.2. The highest BCUT2D eigenvalue weighted by atomic mass is 19.1. The van der Waals surface area contributed by atoms with E-state index < -0.39 is 23.8 Å². The second-order valence-electron chi connectivity index (χ2n) is 8.56. The number of hydrogen-bond donors (Lipinski definition) is 4. The predicted octanol–water partition coefficient (Wildman–Crippen LogP) is 6.32. The summed E-state index contributed by atoms with van der Waals surface area (Å²) in [5.74, 6) is -1.83. The minimum absolute atomic E-state index is 0.227. The number of para-hydroxylation sites is 2. The molecule has 8 heteroatoms. The molecule has 7 nitrogen and oxygen atoms in total. The number of phenols is 1. The molecule has 0 bridgehead atoms. The lowest BCUT2D eigenvalue weighted by Gasteiger charge is -2.25. The number of halogens is 1. The standard InChI is InChI=1S/C28H30FN3O4/c1-18-11-14-21(15-12-18)31-28(35)36-27(20-13-16-25(33)22(29)17-20)19(2)7-3-6-10-26(34)32-24-9-5-4-8-23(24)30/h4-6,8-17,19,27,33H,3,7,30H2,1-2H3,(H,31,35)(H,32,34)/b10-6+/t19-,27-/m0/s1. The molecule has 36 heavy (non-hydrogen) atoms. The lowest BCUT2D eigenvalue weighted by molar-refractivity contribution is -0.111. The van der Waals surface area contributed by atoms with Gasteiger partial charge in [0.2, 0.25) is 5.91 Å². The van der Waals surface area contributed by atoms with Crippen molar-refractivity contribution in [2.75, 3.05) is 16.4 Å². The van der Waals surface area contributed by atoms with E-state index in [-0.39, 0.29) is 11.8 Å². The highest BCUT2D eigenvalue weighted by Gasteiger charge is 2.24. The Bertz CT molecular complexity index is 1230. The fourth-order valence-electron chi connectivity index (χ4n) is 3.60. The fourth-order valence-corrected chi connectivity index (χ4v) is 3.60. The number of aromatic hydroxyl groups is 1. The van der Waals surface area contributed by atoms with E-state index in [1.807, 2.05) is 26.0 Å². The number of amides is 2. The predicted molar refractivity (Wildman–Crippen MR) is 139 cm³/mol. The van der Waals surface area contributed by atoms with Crippen LogP contribution in [0.2, 0.25) is 0 Å². The van der Waals surface area contributed by atoms with Crippen LogP contribution in [0.4, 0.5) is 26.2 Å². The van der Waals surface area contributed by atoms with Crippen molar-refractivity contribution >= 4 is 29.1 Å². The maximum Gasteiger partial charge on any atom is 0.412 e. The van der Waals surface area contributed by atoms with Crippen LogP contribution >= 0.6 is 0 Å². The number of anilines is 3. The Morgan fingerprint density at radius 2 is 1.81 bits per heavy atom. The van der Waals surface area contributed by atoms with E-state index >= 15 is 0 Å². The van der Waals surface area contributed by atoms with Crippen molar-refractivity contribution in [3.63, 3.8) is 0 Å². The first-order valence-electron chi connectivity index (χ1n) is 11.6. The van der Waals surface area contributed by atoms with Crippen LogP contribution < -0.4 is 16.4 Å². The van der Waals surface area contributed by atoms with Crippen molar-refractivity contribution in [1.29, 1.82) is 0 Å². The Morgan fingerprint density at radius 3 is 2.50 bits per heavy atom. The Balaban J connectivity index is 1.63. The molecule has 3 rings (SSSR count). The summed E-state index contributed by atoms with van der Waals surface area (Å²) in [5.41, 5.74) is 8.88. The Labute approximate surface area is 209 Å². The van der Waals surface area contributed by atoms with Gasteiger partial charge in [0.25, 0.3) is 0 Å². The number of carbonyl (C=O) groups is 2. The summed E-state index contributed by atoms with van der Waals surface area (Å²) in [7, 11) is 0. The third kappa shape index (κ3) is 7.59. The number of ether oxygens (including phenoxy) is 1. The third-order valence-corrected chi connectivity index (χ3v) is 5.63. The number of nitrogen functional groups attached to an aromatic ring is 1. The number of nitrogens with one attached hydrogen (secondary N) is 2. The van der Waals surface area contributed by atoms with Crippen LogP contribution in [-0.4, -0.2) is 17.1 Å². The molecule has 0 radical (unpaired) electrons. The van der Waals surface area contributed by atoms with Crippen LogP contribution in [0.5, 0.6) is 5.75 Å². The lowest BCUT2D eigenvalue weighted by Crippen LogP contribution is -2.22. The van der Waals surface area contributed by atoms with Crippen molar-refractivity contribution in [3.8, 4) is 5.75 Å². The Hall–Kier alpha value is -4.33. The number of rotatable bonds is 9. The first-order valence-corrected chi connectivity index (χ1v) is 11.6. The van der Waals surface area contributed by atoms with Gasteiger partial charge in [-0.25, -0.2) is 9.18 Å². The smallest absolute Gasteiger partial charge is 0.412 e. The van der Waals surface area contributed by atoms with Crippen LogP contribution in [0.25, 0.3) is 0 Å². The molecule has 2 amide bonds. The first-order chi connectivity index (χ1) is 17.2. The summed E-state index contributed by atoms with van der Waals surface area (Å²) in [5, 5.41) is 15.0.